The summed E-state index contributed by atoms with van der Waals surface area (Å²) in [5.74, 6) is -2.76. The molecule has 1 nitrogen and oxygen atoms in total. The summed E-state index contributed by atoms with van der Waals surface area (Å²) in [6.45, 7) is 0. The molecule has 2 rings (SSSR count). The fraction of sp³-hybridized carbons (Fsp3) is 0.0909. The van der Waals surface area contributed by atoms with Crippen LogP contribution in [0.1, 0.15) is 16.2 Å². The van der Waals surface area contributed by atoms with Gasteiger partial charge in [-0.2, -0.15) is 0 Å². The Bertz CT molecular complexity index is 554. The Balaban J connectivity index is 2.43. The lowest BCUT2D eigenvalue weighted by Gasteiger charge is -2.09. The van der Waals surface area contributed by atoms with Crippen molar-refractivity contribution in [3.63, 3.8) is 0 Å². The van der Waals surface area contributed by atoms with Crippen molar-refractivity contribution in [1.29, 1.82) is 0 Å². The van der Waals surface area contributed by atoms with Crippen LogP contribution in [0.2, 0.25) is 0 Å². The van der Waals surface area contributed by atoms with Crippen molar-refractivity contribution in [1.82, 2.24) is 0 Å². The number of furan rings is 1. The Morgan fingerprint density at radius 3 is 2.24 bits per heavy atom. The highest BCUT2D eigenvalue weighted by Gasteiger charge is 2.20. The van der Waals surface area contributed by atoms with Gasteiger partial charge >= 0.3 is 0 Å². The van der Waals surface area contributed by atoms with Gasteiger partial charge < -0.3 is 4.42 Å². The molecule has 0 saturated carbocycles. The van der Waals surface area contributed by atoms with Gasteiger partial charge in [0.1, 0.15) is 16.4 Å². The van der Waals surface area contributed by atoms with Crippen LogP contribution < -0.4 is 0 Å². The maximum atomic E-state index is 13.5. The summed E-state index contributed by atoms with van der Waals surface area (Å²) >= 11 is 6.28. The van der Waals surface area contributed by atoms with Crippen molar-refractivity contribution < 1.29 is 17.6 Å². The highest BCUT2D eigenvalue weighted by molar-refractivity contribution is 9.10. The zero-order chi connectivity index (χ0) is 12.6. The van der Waals surface area contributed by atoms with Gasteiger partial charge in [0.2, 0.25) is 0 Å². The molecule has 0 aliphatic carbocycles. The molecule has 0 aliphatic heterocycles. The molecule has 0 saturated heterocycles. The predicted molar refractivity (Wildman–Crippen MR) is 63.5 cm³/mol. The third-order valence-corrected chi connectivity index (χ3v) is 3.53. The summed E-state index contributed by atoms with van der Waals surface area (Å²) in [7, 11) is 0. The monoisotopic (exact) mass is 368 g/mol. The molecule has 17 heavy (non-hydrogen) atoms. The summed E-state index contributed by atoms with van der Waals surface area (Å²) < 4.78 is 45.0. The minimum Gasteiger partial charge on any atom is -0.453 e. The zero-order valence-corrected chi connectivity index (χ0v) is 11.4. The van der Waals surface area contributed by atoms with Crippen molar-refractivity contribution in [3.8, 4) is 0 Å². The highest BCUT2D eigenvalue weighted by atomic mass is 79.9. The van der Waals surface area contributed by atoms with Crippen LogP contribution in [0, 0.1) is 17.5 Å². The van der Waals surface area contributed by atoms with E-state index >= 15 is 0 Å². The van der Waals surface area contributed by atoms with Crippen LogP contribution in [-0.2, 0) is 0 Å². The second kappa shape index (κ2) is 4.86. The molecular weight excluding hydrogens is 365 g/mol. The summed E-state index contributed by atoms with van der Waals surface area (Å²) in [5.41, 5.74) is -0.0225. The molecule has 0 radical (unpaired) electrons. The van der Waals surface area contributed by atoms with Gasteiger partial charge in [-0.15, -0.1) is 0 Å². The molecule has 6 heteroatoms. The first kappa shape index (κ1) is 12.7. The van der Waals surface area contributed by atoms with Gasteiger partial charge in [0, 0.05) is 11.6 Å². The molecule has 0 fully saturated rings. The second-order valence-corrected chi connectivity index (χ2v) is 4.99. The van der Waals surface area contributed by atoms with Crippen molar-refractivity contribution in [3.05, 3.63) is 57.7 Å². The summed E-state index contributed by atoms with van der Waals surface area (Å²) in [6, 6.07) is 4.54. The van der Waals surface area contributed by atoms with Crippen molar-refractivity contribution in [2.45, 2.75) is 4.83 Å². The van der Waals surface area contributed by atoms with Crippen molar-refractivity contribution in [2.75, 3.05) is 0 Å². The lowest BCUT2D eigenvalue weighted by molar-refractivity contribution is 0.477. The molecule has 0 aliphatic rings. The van der Waals surface area contributed by atoms with Crippen LogP contribution in [0.5, 0.6) is 0 Å². The average Bonchev–Trinajstić information content (AvgIpc) is 2.69. The number of benzene rings is 1. The molecular formula is C11H5Br2F3O. The Hall–Kier alpha value is -0.750. The molecule has 0 N–H and O–H groups in total. The van der Waals surface area contributed by atoms with E-state index in [1.54, 1.807) is 12.1 Å². The Kier molecular flexibility index (Phi) is 3.63. The molecule has 1 heterocycles. The Morgan fingerprint density at radius 1 is 1.00 bits per heavy atom. The van der Waals surface area contributed by atoms with Gasteiger partial charge in [0.25, 0.3) is 0 Å². The van der Waals surface area contributed by atoms with Crippen LogP contribution in [0.3, 0.4) is 0 Å². The summed E-state index contributed by atoms with van der Waals surface area (Å²) in [6.07, 6.45) is 0. The van der Waals surface area contributed by atoms with E-state index in [1.165, 1.54) is 0 Å². The van der Waals surface area contributed by atoms with Crippen molar-refractivity contribution in [2.24, 2.45) is 0 Å². The van der Waals surface area contributed by atoms with Gasteiger partial charge in [0.15, 0.2) is 16.3 Å². The van der Waals surface area contributed by atoms with Gasteiger partial charge in [-0.25, -0.2) is 13.2 Å². The van der Waals surface area contributed by atoms with E-state index in [9.17, 15) is 13.2 Å². The van der Waals surface area contributed by atoms with Crippen molar-refractivity contribution >= 4 is 31.9 Å². The van der Waals surface area contributed by atoms with Gasteiger partial charge in [0.05, 0.1) is 0 Å². The van der Waals surface area contributed by atoms with Crippen LogP contribution in [0.4, 0.5) is 13.2 Å². The maximum absolute atomic E-state index is 13.5. The Labute approximate surface area is 112 Å². The lowest BCUT2D eigenvalue weighted by atomic mass is 10.1. The molecule has 2 aromatic rings. The topological polar surface area (TPSA) is 13.1 Å². The number of hydrogen-bond donors (Lipinski definition) is 0. The van der Waals surface area contributed by atoms with E-state index < -0.39 is 22.3 Å². The smallest absolute Gasteiger partial charge is 0.169 e. The normalized spacial score (nSPS) is 12.8. The first-order valence-electron chi connectivity index (χ1n) is 4.53. The number of rotatable bonds is 2. The van der Waals surface area contributed by atoms with E-state index in [0.717, 1.165) is 6.07 Å². The molecule has 1 aromatic heterocycles. The predicted octanol–water partition coefficient (Wildman–Crippen LogP) is 4.94. The molecule has 0 amide bonds. The zero-order valence-electron chi connectivity index (χ0n) is 8.18. The SMILES string of the molecule is Fc1cc(F)c(C(Br)c2ccc(Br)o2)cc1F. The van der Waals surface area contributed by atoms with E-state index in [0.29, 0.717) is 16.5 Å². The molecule has 1 unspecified atom stereocenters. The quantitative estimate of drug-likeness (QED) is 0.539. The van der Waals surface area contributed by atoms with Crippen LogP contribution in [0.15, 0.2) is 33.4 Å². The van der Waals surface area contributed by atoms with Gasteiger partial charge in [-0.3, -0.25) is 0 Å². The molecule has 90 valence electrons. The lowest BCUT2D eigenvalue weighted by Crippen LogP contribution is -1.98. The maximum Gasteiger partial charge on any atom is 0.169 e. The van der Waals surface area contributed by atoms with E-state index in [-0.39, 0.29) is 5.56 Å². The fourth-order valence-corrected chi connectivity index (χ4v) is 2.27. The second-order valence-electron chi connectivity index (χ2n) is 3.29. The molecule has 0 spiro atoms. The Morgan fingerprint density at radius 2 is 1.65 bits per heavy atom. The summed E-state index contributed by atoms with van der Waals surface area (Å²) in [5, 5.41) is 0. The third kappa shape index (κ3) is 2.57. The number of alkyl halides is 1. The minimum atomic E-state index is -1.22. The van der Waals surface area contributed by atoms with E-state index in [1.807, 2.05) is 0 Å². The minimum absolute atomic E-state index is 0.0225. The van der Waals surface area contributed by atoms with Crippen LogP contribution in [-0.4, -0.2) is 0 Å². The first-order valence-corrected chi connectivity index (χ1v) is 6.23. The number of halogens is 5. The molecule has 0 bridgehead atoms. The largest absolute Gasteiger partial charge is 0.453 e. The fourth-order valence-electron chi connectivity index (χ4n) is 1.35. The molecule has 1 atom stereocenters. The van der Waals surface area contributed by atoms with Gasteiger partial charge in [-0.1, -0.05) is 15.9 Å². The average molecular weight is 370 g/mol. The summed E-state index contributed by atoms with van der Waals surface area (Å²) in [4.78, 5) is -0.677. The molecule has 1 aromatic carbocycles. The van der Waals surface area contributed by atoms with Gasteiger partial charge in [-0.05, 0) is 34.1 Å². The van der Waals surface area contributed by atoms with Crippen LogP contribution in [0.25, 0.3) is 0 Å². The number of hydrogen-bond acceptors (Lipinski definition) is 1. The van der Waals surface area contributed by atoms with Crippen LogP contribution >= 0.6 is 31.9 Å². The highest BCUT2D eigenvalue weighted by Crippen LogP contribution is 2.35. The third-order valence-electron chi connectivity index (χ3n) is 2.16. The van der Waals surface area contributed by atoms with E-state index in [2.05, 4.69) is 31.9 Å². The first-order chi connectivity index (χ1) is 7.99. The standard InChI is InChI=1S/C11H5Br2F3O/c12-10-2-1-9(17-10)11(13)5-3-7(15)8(16)4-6(5)14/h1-4,11H. The van der Waals surface area contributed by atoms with E-state index in [4.69, 9.17) is 4.42 Å².